The van der Waals surface area contributed by atoms with Gasteiger partial charge in [-0.2, -0.15) is 0 Å². The number of hydrogen-bond donors (Lipinski definition) is 0. The van der Waals surface area contributed by atoms with E-state index in [4.69, 9.17) is 14.2 Å². The Morgan fingerprint density at radius 1 is 0.871 bits per heavy atom. The summed E-state index contributed by atoms with van der Waals surface area (Å²) in [4.78, 5) is 36.8. The molecule has 1 aliphatic rings. The first-order valence-corrected chi connectivity index (χ1v) is 10.3. The molecule has 1 aliphatic carbocycles. The molecule has 0 saturated carbocycles. The van der Waals surface area contributed by atoms with Crippen LogP contribution in [0.15, 0.2) is 48.5 Å². The fraction of sp³-hybridized carbons (Fsp3) is 0.400. The van der Waals surface area contributed by atoms with E-state index in [2.05, 4.69) is 12.1 Å². The van der Waals surface area contributed by atoms with Gasteiger partial charge in [-0.15, -0.1) is 0 Å². The Morgan fingerprint density at radius 3 is 1.90 bits per heavy atom. The second-order valence-corrected chi connectivity index (χ2v) is 8.62. The summed E-state index contributed by atoms with van der Waals surface area (Å²) in [7, 11) is 1.22. The number of methoxy groups -OCH3 is 1. The standard InChI is InChI=1S/C25H28O6/c1-25(2,3)31-23(27)14-16(24(28)29-4)13-22(26)30-15-21-19-11-7-5-9-17(19)18-10-6-8-12-20(18)21/h5-12,16,21H,13-15H2,1-4H3/t16-/m1/s1. The highest BCUT2D eigenvalue weighted by Gasteiger charge is 2.31. The summed E-state index contributed by atoms with van der Waals surface area (Å²) in [6.07, 6.45) is -0.490. The normalized spacial score (nSPS) is 13.7. The molecular formula is C25H28O6. The first kappa shape index (κ1) is 22.5. The van der Waals surface area contributed by atoms with E-state index in [-0.39, 0.29) is 25.4 Å². The van der Waals surface area contributed by atoms with Crippen molar-refractivity contribution in [3.05, 3.63) is 59.7 Å². The summed E-state index contributed by atoms with van der Waals surface area (Å²) in [5, 5.41) is 0. The van der Waals surface area contributed by atoms with Crippen LogP contribution in [0.4, 0.5) is 0 Å². The molecule has 164 valence electrons. The highest BCUT2D eigenvalue weighted by Crippen LogP contribution is 2.44. The quantitative estimate of drug-likeness (QED) is 0.488. The average Bonchev–Trinajstić information content (AvgIpc) is 3.03. The molecule has 6 heteroatoms. The zero-order valence-corrected chi connectivity index (χ0v) is 18.3. The lowest BCUT2D eigenvalue weighted by Crippen LogP contribution is -2.29. The van der Waals surface area contributed by atoms with E-state index in [1.807, 2.05) is 36.4 Å². The van der Waals surface area contributed by atoms with Crippen LogP contribution in [0, 0.1) is 5.92 Å². The van der Waals surface area contributed by atoms with Gasteiger partial charge in [-0.05, 0) is 43.0 Å². The molecule has 2 aromatic rings. The molecule has 0 fully saturated rings. The third kappa shape index (κ3) is 5.51. The van der Waals surface area contributed by atoms with Crippen LogP contribution in [0.1, 0.15) is 50.7 Å². The number of hydrogen-bond acceptors (Lipinski definition) is 6. The van der Waals surface area contributed by atoms with Gasteiger partial charge in [-0.1, -0.05) is 48.5 Å². The molecule has 1 atom stereocenters. The molecule has 0 bridgehead atoms. The molecule has 31 heavy (non-hydrogen) atoms. The van der Waals surface area contributed by atoms with E-state index >= 15 is 0 Å². The van der Waals surface area contributed by atoms with Crippen molar-refractivity contribution in [2.24, 2.45) is 5.92 Å². The van der Waals surface area contributed by atoms with Crippen molar-refractivity contribution in [2.45, 2.75) is 45.1 Å². The molecule has 0 amide bonds. The monoisotopic (exact) mass is 424 g/mol. The van der Waals surface area contributed by atoms with Crippen LogP contribution in [0.3, 0.4) is 0 Å². The highest BCUT2D eigenvalue weighted by atomic mass is 16.6. The molecule has 0 aromatic heterocycles. The van der Waals surface area contributed by atoms with Gasteiger partial charge in [0.05, 0.1) is 25.9 Å². The Labute approximate surface area is 182 Å². The van der Waals surface area contributed by atoms with Gasteiger partial charge < -0.3 is 14.2 Å². The van der Waals surface area contributed by atoms with Gasteiger partial charge in [-0.25, -0.2) is 0 Å². The minimum Gasteiger partial charge on any atom is -0.469 e. The molecule has 0 heterocycles. The molecule has 0 aliphatic heterocycles. The number of ether oxygens (including phenoxy) is 3. The number of benzene rings is 2. The summed E-state index contributed by atoms with van der Waals surface area (Å²) in [6.45, 7) is 5.38. The SMILES string of the molecule is COC(=O)[C@H](CC(=O)OCC1c2ccccc2-c2ccccc21)CC(=O)OC(C)(C)C. The zero-order valence-electron chi connectivity index (χ0n) is 18.3. The first-order valence-electron chi connectivity index (χ1n) is 10.3. The highest BCUT2D eigenvalue weighted by molar-refractivity contribution is 5.84. The van der Waals surface area contributed by atoms with Gasteiger partial charge in [0.25, 0.3) is 0 Å². The third-order valence-electron chi connectivity index (χ3n) is 5.15. The maximum atomic E-state index is 12.5. The van der Waals surface area contributed by atoms with Crippen molar-refractivity contribution < 1.29 is 28.6 Å². The Morgan fingerprint density at radius 2 is 1.39 bits per heavy atom. The van der Waals surface area contributed by atoms with E-state index in [1.54, 1.807) is 20.8 Å². The number of fused-ring (bicyclic) bond motifs is 3. The predicted molar refractivity (Wildman–Crippen MR) is 115 cm³/mol. The summed E-state index contributed by atoms with van der Waals surface area (Å²) >= 11 is 0. The summed E-state index contributed by atoms with van der Waals surface area (Å²) in [5.74, 6) is -2.77. The van der Waals surface area contributed by atoms with Crippen LogP contribution in [0.2, 0.25) is 0 Å². The average molecular weight is 424 g/mol. The van der Waals surface area contributed by atoms with Crippen LogP contribution in [0.25, 0.3) is 11.1 Å². The van der Waals surface area contributed by atoms with Crippen LogP contribution in [0.5, 0.6) is 0 Å². The van der Waals surface area contributed by atoms with Crippen LogP contribution in [-0.4, -0.2) is 37.2 Å². The lowest BCUT2D eigenvalue weighted by molar-refractivity contribution is -0.162. The Balaban J connectivity index is 1.65. The van der Waals surface area contributed by atoms with Gasteiger partial charge in [0.2, 0.25) is 0 Å². The number of esters is 3. The smallest absolute Gasteiger partial charge is 0.309 e. The van der Waals surface area contributed by atoms with Crippen molar-refractivity contribution in [3.63, 3.8) is 0 Å². The third-order valence-corrected chi connectivity index (χ3v) is 5.15. The van der Waals surface area contributed by atoms with E-state index in [0.717, 1.165) is 22.3 Å². The van der Waals surface area contributed by atoms with Crippen LogP contribution < -0.4 is 0 Å². The maximum Gasteiger partial charge on any atom is 0.309 e. The maximum absolute atomic E-state index is 12.5. The molecule has 3 rings (SSSR count). The second-order valence-electron chi connectivity index (χ2n) is 8.62. The molecule has 6 nitrogen and oxygen atoms in total. The van der Waals surface area contributed by atoms with Crippen LogP contribution >= 0.6 is 0 Å². The van der Waals surface area contributed by atoms with Crippen molar-refractivity contribution in [1.29, 1.82) is 0 Å². The summed E-state index contributed by atoms with van der Waals surface area (Å²) in [5.41, 5.74) is 3.80. The first-order chi connectivity index (χ1) is 14.7. The Bertz CT molecular complexity index is 926. The second kappa shape index (κ2) is 9.33. The lowest BCUT2D eigenvalue weighted by Gasteiger charge is -2.21. The molecule has 0 spiro atoms. The van der Waals surface area contributed by atoms with Gasteiger partial charge >= 0.3 is 17.9 Å². The summed E-state index contributed by atoms with van der Waals surface area (Å²) in [6, 6.07) is 16.1. The fourth-order valence-electron chi connectivity index (χ4n) is 3.87. The topological polar surface area (TPSA) is 78.9 Å². The predicted octanol–water partition coefficient (Wildman–Crippen LogP) is 4.25. The van der Waals surface area contributed by atoms with E-state index in [1.165, 1.54) is 7.11 Å². The Kier molecular flexibility index (Phi) is 6.78. The summed E-state index contributed by atoms with van der Waals surface area (Å²) < 4.78 is 15.6. The largest absolute Gasteiger partial charge is 0.469 e. The van der Waals surface area contributed by atoms with Crippen molar-refractivity contribution in [1.82, 2.24) is 0 Å². The van der Waals surface area contributed by atoms with Gasteiger partial charge in [0, 0.05) is 5.92 Å². The minimum absolute atomic E-state index is 0.0706. The van der Waals surface area contributed by atoms with Gasteiger partial charge in [0.1, 0.15) is 12.2 Å². The van der Waals surface area contributed by atoms with Crippen molar-refractivity contribution in [3.8, 4) is 11.1 Å². The van der Waals surface area contributed by atoms with Crippen LogP contribution in [-0.2, 0) is 28.6 Å². The molecular weight excluding hydrogens is 396 g/mol. The van der Waals surface area contributed by atoms with Gasteiger partial charge in [-0.3, -0.25) is 14.4 Å². The minimum atomic E-state index is -0.949. The number of carbonyl (C=O) groups excluding carboxylic acids is 3. The van der Waals surface area contributed by atoms with E-state index in [0.29, 0.717) is 0 Å². The molecule has 2 aromatic carbocycles. The molecule has 0 radical (unpaired) electrons. The molecule has 0 unspecified atom stereocenters. The fourth-order valence-corrected chi connectivity index (χ4v) is 3.87. The van der Waals surface area contributed by atoms with E-state index in [9.17, 15) is 14.4 Å². The Hall–Kier alpha value is -3.15. The van der Waals surface area contributed by atoms with Gasteiger partial charge in [0.15, 0.2) is 0 Å². The molecule has 0 N–H and O–H groups in total. The molecule has 0 saturated heterocycles. The van der Waals surface area contributed by atoms with Crippen molar-refractivity contribution >= 4 is 17.9 Å². The number of carbonyl (C=O) groups is 3. The lowest BCUT2D eigenvalue weighted by atomic mass is 9.98. The van der Waals surface area contributed by atoms with Crippen molar-refractivity contribution in [2.75, 3.05) is 13.7 Å². The zero-order chi connectivity index (χ0) is 22.6. The van der Waals surface area contributed by atoms with E-state index < -0.39 is 29.4 Å². The number of rotatable bonds is 7.